The highest BCUT2D eigenvalue weighted by Crippen LogP contribution is 2.30. The molecule has 21 heavy (non-hydrogen) atoms. The number of nitrogen functional groups attached to an aromatic ring is 1. The molecule has 0 bridgehead atoms. The van der Waals surface area contributed by atoms with Gasteiger partial charge in [0, 0.05) is 24.8 Å². The zero-order chi connectivity index (χ0) is 15.1. The summed E-state index contributed by atoms with van der Waals surface area (Å²) in [5.41, 5.74) is 5.47. The molecule has 2 heterocycles. The molecule has 3 N–H and O–H groups in total. The van der Waals surface area contributed by atoms with Crippen LogP contribution in [0.4, 0.5) is 14.5 Å². The Labute approximate surface area is 120 Å². The van der Waals surface area contributed by atoms with Gasteiger partial charge in [-0.1, -0.05) is 0 Å². The van der Waals surface area contributed by atoms with Crippen LogP contribution in [-0.2, 0) is 4.79 Å². The Morgan fingerprint density at radius 2 is 2.05 bits per heavy atom. The largest absolute Gasteiger partial charge is 0.398 e. The minimum Gasteiger partial charge on any atom is -0.398 e. The molecule has 112 valence electrons. The molecule has 5 nitrogen and oxygen atoms in total. The van der Waals surface area contributed by atoms with E-state index >= 15 is 0 Å². The molecule has 2 atom stereocenters. The molecule has 0 aliphatic carbocycles. The van der Waals surface area contributed by atoms with Crippen molar-refractivity contribution in [1.82, 2.24) is 10.2 Å². The molecule has 3 rings (SSSR count). The van der Waals surface area contributed by atoms with Crippen molar-refractivity contribution >= 4 is 17.5 Å². The maximum atomic E-state index is 13.3. The van der Waals surface area contributed by atoms with Crippen molar-refractivity contribution in [3.63, 3.8) is 0 Å². The van der Waals surface area contributed by atoms with Crippen LogP contribution in [0.25, 0.3) is 0 Å². The molecule has 1 aromatic carbocycles. The van der Waals surface area contributed by atoms with Gasteiger partial charge in [-0.25, -0.2) is 8.78 Å². The third-order valence-electron chi connectivity index (χ3n) is 4.18. The molecular formula is C14H15F2N3O2. The Morgan fingerprint density at radius 1 is 1.33 bits per heavy atom. The summed E-state index contributed by atoms with van der Waals surface area (Å²) in [6, 6.07) is 1.38. The molecule has 0 radical (unpaired) electrons. The van der Waals surface area contributed by atoms with Gasteiger partial charge in [-0.2, -0.15) is 0 Å². The molecular weight excluding hydrogens is 280 g/mol. The van der Waals surface area contributed by atoms with Gasteiger partial charge in [0.25, 0.3) is 5.91 Å². The van der Waals surface area contributed by atoms with Gasteiger partial charge in [-0.3, -0.25) is 9.59 Å². The van der Waals surface area contributed by atoms with Crippen molar-refractivity contribution in [2.24, 2.45) is 5.92 Å². The predicted molar refractivity (Wildman–Crippen MR) is 71.3 cm³/mol. The molecule has 2 aliphatic rings. The lowest BCUT2D eigenvalue weighted by Crippen LogP contribution is -2.48. The number of carbonyl (C=O) groups is 2. The van der Waals surface area contributed by atoms with Crippen molar-refractivity contribution in [1.29, 1.82) is 0 Å². The molecule has 2 unspecified atom stereocenters. The number of anilines is 1. The third kappa shape index (κ3) is 2.22. The average Bonchev–Trinajstić information content (AvgIpc) is 2.84. The molecule has 2 amide bonds. The highest BCUT2D eigenvalue weighted by molar-refractivity contribution is 6.00. The maximum Gasteiger partial charge on any atom is 0.256 e. The first-order chi connectivity index (χ1) is 9.99. The van der Waals surface area contributed by atoms with Crippen LogP contribution in [0.1, 0.15) is 23.2 Å². The number of rotatable bonds is 1. The summed E-state index contributed by atoms with van der Waals surface area (Å²) in [5.74, 6) is -2.94. The zero-order valence-electron chi connectivity index (χ0n) is 11.2. The van der Waals surface area contributed by atoms with E-state index in [1.807, 2.05) is 0 Å². The van der Waals surface area contributed by atoms with Crippen molar-refractivity contribution in [3.05, 3.63) is 29.3 Å². The van der Waals surface area contributed by atoms with E-state index in [4.69, 9.17) is 5.73 Å². The number of amides is 2. The van der Waals surface area contributed by atoms with Gasteiger partial charge in [0.2, 0.25) is 5.91 Å². The van der Waals surface area contributed by atoms with Crippen LogP contribution in [0, 0.1) is 17.6 Å². The van der Waals surface area contributed by atoms with Gasteiger partial charge in [-0.15, -0.1) is 0 Å². The Bertz CT molecular complexity index is 620. The number of nitrogens with zero attached hydrogens (tertiary/aromatic N) is 1. The van der Waals surface area contributed by atoms with E-state index < -0.39 is 17.5 Å². The Hall–Kier alpha value is -2.18. The number of benzene rings is 1. The number of hydrogen-bond acceptors (Lipinski definition) is 3. The minimum atomic E-state index is -1.11. The van der Waals surface area contributed by atoms with Crippen molar-refractivity contribution in [2.45, 2.75) is 18.9 Å². The molecule has 2 aliphatic heterocycles. The molecule has 0 aromatic heterocycles. The lowest BCUT2D eigenvalue weighted by atomic mass is 9.91. The van der Waals surface area contributed by atoms with Crippen LogP contribution >= 0.6 is 0 Å². The number of carbonyl (C=O) groups excluding carboxylic acids is 2. The van der Waals surface area contributed by atoms with Crippen molar-refractivity contribution in [3.8, 4) is 0 Å². The van der Waals surface area contributed by atoms with E-state index in [2.05, 4.69) is 5.32 Å². The normalized spacial score (nSPS) is 24.7. The van der Waals surface area contributed by atoms with Crippen LogP contribution in [0.15, 0.2) is 12.1 Å². The molecule has 7 heteroatoms. The average molecular weight is 295 g/mol. The number of nitrogens with one attached hydrogen (secondary N) is 1. The third-order valence-corrected chi connectivity index (χ3v) is 4.18. The first-order valence-corrected chi connectivity index (χ1v) is 6.82. The van der Waals surface area contributed by atoms with Gasteiger partial charge in [0.1, 0.15) is 0 Å². The Balaban J connectivity index is 1.91. The second kappa shape index (κ2) is 4.98. The van der Waals surface area contributed by atoms with E-state index in [0.717, 1.165) is 18.6 Å². The highest BCUT2D eigenvalue weighted by Gasteiger charge is 2.43. The van der Waals surface area contributed by atoms with E-state index in [0.29, 0.717) is 19.5 Å². The summed E-state index contributed by atoms with van der Waals surface area (Å²) in [5, 5.41) is 2.73. The first-order valence-electron chi connectivity index (χ1n) is 6.82. The fourth-order valence-corrected chi connectivity index (χ4v) is 3.11. The van der Waals surface area contributed by atoms with Gasteiger partial charge >= 0.3 is 0 Å². The Morgan fingerprint density at radius 3 is 2.81 bits per heavy atom. The number of hydrogen-bond donors (Lipinski definition) is 2. The lowest BCUT2D eigenvalue weighted by Gasteiger charge is -2.36. The number of nitrogens with two attached hydrogens (primary N) is 1. The van der Waals surface area contributed by atoms with E-state index in [9.17, 15) is 18.4 Å². The summed E-state index contributed by atoms with van der Waals surface area (Å²) in [4.78, 5) is 25.8. The summed E-state index contributed by atoms with van der Waals surface area (Å²) >= 11 is 0. The Kier molecular flexibility index (Phi) is 3.27. The molecule has 2 fully saturated rings. The van der Waals surface area contributed by atoms with Crippen molar-refractivity contribution in [2.75, 3.05) is 18.8 Å². The number of piperidine rings is 1. The zero-order valence-corrected chi connectivity index (χ0v) is 11.2. The molecule has 0 spiro atoms. The van der Waals surface area contributed by atoms with Gasteiger partial charge in [0.15, 0.2) is 11.6 Å². The molecule has 2 saturated heterocycles. The summed E-state index contributed by atoms with van der Waals surface area (Å²) in [6.45, 7) is 0.867. The number of fused-ring (bicyclic) bond motifs is 1. The van der Waals surface area contributed by atoms with E-state index in [1.54, 1.807) is 0 Å². The summed E-state index contributed by atoms with van der Waals surface area (Å²) < 4.78 is 26.4. The van der Waals surface area contributed by atoms with Gasteiger partial charge < -0.3 is 16.0 Å². The van der Waals surface area contributed by atoms with Crippen LogP contribution < -0.4 is 11.1 Å². The predicted octanol–water partition coefficient (Wildman–Crippen LogP) is 0.898. The number of likely N-dealkylation sites (tertiary alicyclic amines) is 1. The van der Waals surface area contributed by atoms with Gasteiger partial charge in [0.05, 0.1) is 17.5 Å². The topological polar surface area (TPSA) is 75.4 Å². The summed E-state index contributed by atoms with van der Waals surface area (Å²) in [6.07, 6.45) is 1.43. The quantitative estimate of drug-likeness (QED) is 0.756. The second-order valence-corrected chi connectivity index (χ2v) is 5.41. The lowest BCUT2D eigenvalue weighted by molar-refractivity contribution is -0.123. The van der Waals surface area contributed by atoms with Crippen LogP contribution in [0.3, 0.4) is 0 Å². The minimum absolute atomic E-state index is 0.0595. The van der Waals surface area contributed by atoms with Crippen LogP contribution in [-0.4, -0.2) is 35.8 Å². The van der Waals surface area contributed by atoms with Gasteiger partial charge in [-0.05, 0) is 18.9 Å². The standard InChI is InChI=1S/C14H15F2N3O2/c15-9-4-8(11(17)5-10(9)16)14(21)19-3-1-2-7-12(19)6-18-13(7)20/h4-5,7,12H,1-3,6,17H2,(H,18,20). The second-order valence-electron chi connectivity index (χ2n) is 5.41. The first kappa shape index (κ1) is 13.8. The number of halogens is 2. The molecule has 0 saturated carbocycles. The van der Waals surface area contributed by atoms with E-state index in [1.165, 1.54) is 4.90 Å². The van der Waals surface area contributed by atoms with Crippen LogP contribution in [0.5, 0.6) is 0 Å². The van der Waals surface area contributed by atoms with Crippen molar-refractivity contribution < 1.29 is 18.4 Å². The smallest absolute Gasteiger partial charge is 0.256 e. The molecule has 1 aromatic rings. The van der Waals surface area contributed by atoms with E-state index in [-0.39, 0.29) is 29.1 Å². The highest BCUT2D eigenvalue weighted by atomic mass is 19.2. The SMILES string of the molecule is Nc1cc(F)c(F)cc1C(=O)N1CCCC2C(=O)NCC21. The fraction of sp³-hybridized carbons (Fsp3) is 0.429. The monoisotopic (exact) mass is 295 g/mol. The van der Waals surface area contributed by atoms with Crippen LogP contribution in [0.2, 0.25) is 0 Å². The fourth-order valence-electron chi connectivity index (χ4n) is 3.11. The maximum absolute atomic E-state index is 13.3. The summed E-state index contributed by atoms with van der Waals surface area (Å²) in [7, 11) is 0.